The Labute approximate surface area is 104 Å². The van der Waals surface area contributed by atoms with E-state index < -0.39 is 0 Å². The van der Waals surface area contributed by atoms with Gasteiger partial charge in [-0.15, -0.1) is 0 Å². The molecule has 3 nitrogen and oxygen atoms in total. The molecule has 0 aromatic carbocycles. The van der Waals surface area contributed by atoms with Crippen LogP contribution in [0.25, 0.3) is 0 Å². The minimum atomic E-state index is 0.327. The molecule has 0 bridgehead atoms. The van der Waals surface area contributed by atoms with Crippen molar-refractivity contribution in [2.75, 3.05) is 6.54 Å². The molecular weight excluding hydrogens is 210 g/mol. The quantitative estimate of drug-likeness (QED) is 0.798. The van der Waals surface area contributed by atoms with Crippen molar-refractivity contribution in [3.8, 4) is 0 Å². The summed E-state index contributed by atoms with van der Waals surface area (Å²) in [6.07, 6.45) is 8.02. The third kappa shape index (κ3) is 1.66. The monoisotopic (exact) mass is 235 g/mol. The Morgan fingerprint density at radius 1 is 1.29 bits per heavy atom. The van der Waals surface area contributed by atoms with Gasteiger partial charge in [0.1, 0.15) is 0 Å². The maximum absolute atomic E-state index is 6.14. The van der Waals surface area contributed by atoms with Crippen LogP contribution in [-0.2, 0) is 0 Å². The van der Waals surface area contributed by atoms with E-state index in [1.807, 2.05) is 0 Å². The molecule has 0 aromatic rings. The first-order valence-electron chi connectivity index (χ1n) is 7.22. The van der Waals surface area contributed by atoms with Crippen LogP contribution in [0.5, 0.6) is 0 Å². The van der Waals surface area contributed by atoms with Crippen molar-refractivity contribution in [2.45, 2.75) is 64.0 Å². The van der Waals surface area contributed by atoms with E-state index in [9.17, 15) is 0 Å². The molecule has 0 atom stereocenters. The van der Waals surface area contributed by atoms with E-state index in [0.29, 0.717) is 11.6 Å². The smallest absolute Gasteiger partial charge is 0.192 e. The van der Waals surface area contributed by atoms with Gasteiger partial charge in [-0.3, -0.25) is 4.99 Å². The molecule has 17 heavy (non-hydrogen) atoms. The second-order valence-electron chi connectivity index (χ2n) is 6.62. The van der Waals surface area contributed by atoms with Gasteiger partial charge in [0, 0.05) is 6.04 Å². The molecular formula is C14H25N3. The molecule has 0 unspecified atom stereocenters. The largest absolute Gasteiger partial charge is 0.370 e. The molecule has 3 aliphatic rings. The number of aliphatic imine (C=N–C) groups is 1. The minimum Gasteiger partial charge on any atom is -0.370 e. The zero-order valence-corrected chi connectivity index (χ0v) is 11.2. The second-order valence-corrected chi connectivity index (χ2v) is 6.62. The van der Waals surface area contributed by atoms with Crippen molar-refractivity contribution >= 4 is 5.96 Å². The van der Waals surface area contributed by atoms with Gasteiger partial charge in [0.25, 0.3) is 0 Å². The molecule has 3 rings (SSSR count). The number of nitrogens with two attached hydrogens (primary N) is 1. The maximum atomic E-state index is 6.14. The van der Waals surface area contributed by atoms with E-state index in [4.69, 9.17) is 5.73 Å². The first kappa shape index (κ1) is 11.4. The van der Waals surface area contributed by atoms with Gasteiger partial charge in [-0.05, 0) is 37.5 Å². The van der Waals surface area contributed by atoms with Crippen LogP contribution in [0, 0.1) is 11.8 Å². The topological polar surface area (TPSA) is 41.6 Å². The van der Waals surface area contributed by atoms with E-state index in [1.165, 1.54) is 38.5 Å². The SMILES string of the molecule is CC(C)C1CC2(CN=C(N)N2C2CCCC2)C1. The van der Waals surface area contributed by atoms with Crippen molar-refractivity contribution < 1.29 is 0 Å². The summed E-state index contributed by atoms with van der Waals surface area (Å²) in [6.45, 7) is 5.64. The molecule has 0 amide bonds. The average molecular weight is 235 g/mol. The van der Waals surface area contributed by atoms with E-state index in [1.54, 1.807) is 0 Å². The molecule has 0 aromatic heterocycles. The number of nitrogens with zero attached hydrogens (tertiary/aromatic N) is 2. The predicted octanol–water partition coefficient (Wildman–Crippen LogP) is 2.36. The molecule has 2 fully saturated rings. The van der Waals surface area contributed by atoms with E-state index >= 15 is 0 Å². The van der Waals surface area contributed by atoms with Gasteiger partial charge in [-0.1, -0.05) is 26.7 Å². The number of rotatable bonds is 2. The van der Waals surface area contributed by atoms with Crippen LogP contribution in [0.3, 0.4) is 0 Å². The van der Waals surface area contributed by atoms with Crippen LogP contribution in [-0.4, -0.2) is 29.0 Å². The Morgan fingerprint density at radius 3 is 2.53 bits per heavy atom. The van der Waals surface area contributed by atoms with Crippen molar-refractivity contribution in [1.82, 2.24) is 4.90 Å². The fourth-order valence-corrected chi connectivity index (χ4v) is 4.07. The van der Waals surface area contributed by atoms with Gasteiger partial charge in [0.2, 0.25) is 0 Å². The molecule has 1 aliphatic heterocycles. The van der Waals surface area contributed by atoms with Crippen LogP contribution in [0.4, 0.5) is 0 Å². The fraction of sp³-hybridized carbons (Fsp3) is 0.929. The molecule has 96 valence electrons. The van der Waals surface area contributed by atoms with Crippen molar-refractivity contribution in [1.29, 1.82) is 0 Å². The fourth-order valence-electron chi connectivity index (χ4n) is 4.07. The Balaban J connectivity index is 1.73. The molecule has 3 heteroatoms. The van der Waals surface area contributed by atoms with Crippen molar-refractivity contribution in [2.24, 2.45) is 22.6 Å². The zero-order valence-electron chi connectivity index (χ0n) is 11.2. The minimum absolute atomic E-state index is 0.327. The first-order valence-corrected chi connectivity index (χ1v) is 7.22. The van der Waals surface area contributed by atoms with E-state index in [0.717, 1.165) is 24.3 Å². The molecule has 1 heterocycles. The highest BCUT2D eigenvalue weighted by atomic mass is 15.4. The van der Waals surface area contributed by atoms with Crippen molar-refractivity contribution in [3.63, 3.8) is 0 Å². The third-order valence-corrected chi connectivity index (χ3v) is 5.21. The second kappa shape index (κ2) is 3.89. The number of hydrogen-bond donors (Lipinski definition) is 1. The van der Waals surface area contributed by atoms with Crippen LogP contribution in [0.1, 0.15) is 52.4 Å². The Kier molecular flexibility index (Phi) is 2.60. The van der Waals surface area contributed by atoms with Gasteiger partial charge in [-0.25, -0.2) is 0 Å². The highest BCUT2D eigenvalue weighted by Gasteiger charge is 2.54. The first-order chi connectivity index (χ1) is 8.12. The van der Waals surface area contributed by atoms with E-state index in [2.05, 4.69) is 23.7 Å². The lowest BCUT2D eigenvalue weighted by Gasteiger charge is -2.54. The number of guanidine groups is 1. The molecule has 2 saturated carbocycles. The Bertz CT molecular complexity index is 322. The lowest BCUT2D eigenvalue weighted by atomic mass is 9.63. The summed E-state index contributed by atoms with van der Waals surface area (Å²) in [4.78, 5) is 7.06. The standard InChI is InChI=1S/C14H25N3/c1-10(2)11-7-14(8-11)9-16-13(15)17(14)12-5-3-4-6-12/h10-12H,3-9H2,1-2H3,(H2,15,16). The van der Waals surface area contributed by atoms with Gasteiger partial charge in [0.15, 0.2) is 5.96 Å². The van der Waals surface area contributed by atoms with Gasteiger partial charge in [-0.2, -0.15) is 0 Å². The maximum Gasteiger partial charge on any atom is 0.192 e. The summed E-state index contributed by atoms with van der Waals surface area (Å²) in [7, 11) is 0. The van der Waals surface area contributed by atoms with Gasteiger partial charge < -0.3 is 10.6 Å². The van der Waals surface area contributed by atoms with Crippen LogP contribution in [0.2, 0.25) is 0 Å². The Hall–Kier alpha value is -0.730. The van der Waals surface area contributed by atoms with Crippen LogP contribution >= 0.6 is 0 Å². The molecule has 0 saturated heterocycles. The predicted molar refractivity (Wildman–Crippen MR) is 70.9 cm³/mol. The average Bonchev–Trinajstić information content (AvgIpc) is 2.81. The van der Waals surface area contributed by atoms with Crippen LogP contribution in [0.15, 0.2) is 4.99 Å². The molecule has 2 N–H and O–H groups in total. The lowest BCUT2D eigenvalue weighted by Crippen LogP contribution is -2.62. The molecule has 2 aliphatic carbocycles. The summed E-state index contributed by atoms with van der Waals surface area (Å²) in [5.74, 6) is 2.53. The summed E-state index contributed by atoms with van der Waals surface area (Å²) in [5, 5.41) is 0. The number of hydrogen-bond acceptors (Lipinski definition) is 3. The normalized spacial score (nSPS) is 37.9. The van der Waals surface area contributed by atoms with Gasteiger partial charge in [0.05, 0.1) is 12.1 Å². The highest BCUT2D eigenvalue weighted by molar-refractivity contribution is 5.81. The zero-order chi connectivity index (χ0) is 12.0. The molecule has 1 spiro atoms. The third-order valence-electron chi connectivity index (χ3n) is 5.21. The Morgan fingerprint density at radius 2 is 1.94 bits per heavy atom. The lowest BCUT2D eigenvalue weighted by molar-refractivity contribution is -0.00136. The van der Waals surface area contributed by atoms with Crippen LogP contribution < -0.4 is 5.73 Å². The molecule has 0 radical (unpaired) electrons. The summed E-state index contributed by atoms with van der Waals surface area (Å²) < 4.78 is 0. The summed E-state index contributed by atoms with van der Waals surface area (Å²) in [5.41, 5.74) is 6.47. The van der Waals surface area contributed by atoms with Gasteiger partial charge >= 0.3 is 0 Å². The summed E-state index contributed by atoms with van der Waals surface area (Å²) >= 11 is 0. The van der Waals surface area contributed by atoms with Crippen molar-refractivity contribution in [3.05, 3.63) is 0 Å². The van der Waals surface area contributed by atoms with E-state index in [-0.39, 0.29) is 0 Å². The highest BCUT2D eigenvalue weighted by Crippen LogP contribution is 2.50. The summed E-state index contributed by atoms with van der Waals surface area (Å²) in [6, 6.07) is 0.689.